The molecule has 0 spiro atoms. The van der Waals surface area contributed by atoms with Crippen molar-refractivity contribution < 1.29 is 9.59 Å². The molecular formula is C80H109N3O2S6. The molecule has 9 aromatic rings. The fourth-order valence-electron chi connectivity index (χ4n) is 15.2. The highest BCUT2D eigenvalue weighted by Crippen LogP contribution is 2.55. The van der Waals surface area contributed by atoms with Gasteiger partial charge in [0.25, 0.3) is 11.8 Å². The van der Waals surface area contributed by atoms with Crippen molar-refractivity contribution in [3.8, 4) is 29.9 Å². The van der Waals surface area contributed by atoms with Gasteiger partial charge in [-0.3, -0.25) is 14.5 Å². The smallest absolute Gasteiger partial charge is 0.263 e. The minimum atomic E-state index is -0.0892. The van der Waals surface area contributed by atoms with Crippen LogP contribution in [-0.4, -0.2) is 32.0 Å². The van der Waals surface area contributed by atoms with Crippen LogP contribution in [0.25, 0.3) is 81.3 Å². The molecule has 0 aliphatic carbocycles. The van der Waals surface area contributed by atoms with E-state index >= 15 is 9.59 Å². The largest absolute Gasteiger partial charge is 0.274 e. The second kappa shape index (κ2) is 32.7. The molecule has 1 aliphatic heterocycles. The number of hydrogen-bond acceptors (Lipinski definition) is 10. The van der Waals surface area contributed by atoms with E-state index in [-0.39, 0.29) is 11.8 Å². The minimum absolute atomic E-state index is 0.0868. The van der Waals surface area contributed by atoms with Crippen LogP contribution < -0.4 is 0 Å². The van der Waals surface area contributed by atoms with E-state index in [1.807, 2.05) is 45.3 Å². The second-order valence-corrected chi connectivity index (χ2v) is 34.2. The summed E-state index contributed by atoms with van der Waals surface area (Å²) in [6.07, 6.45) is 33.1. The summed E-state index contributed by atoms with van der Waals surface area (Å²) in [5, 5.41) is 5.62. The standard InChI is InChI=1S/C80H109N3O2S6/c1-14-22-29-53(18-5)34-39-57-62-45-52(13)86-73(62)58(40-35-54(19-6)30-23-15-2)64-47-67(88-75(57)64)77-69-70(80(85)83(79(69)84)44-43-50(11)28-26-27-49(9)10)78(90-77)68-48-65-60(42-37-56(21-8)32-25-17-4)74-63(59(76(65)89-68)41-36-55(20-7)31-24-16-3)46-66(87-74)61-38-33-51(12)71-72(61)82-91-81-71/h33,38,45-50,53-56H,14-32,34-37,39-44H2,1-13H3. The minimum Gasteiger partial charge on any atom is -0.274 e. The van der Waals surface area contributed by atoms with Crippen LogP contribution >= 0.6 is 68.4 Å². The van der Waals surface area contributed by atoms with E-state index in [0.717, 1.165) is 81.9 Å². The lowest BCUT2D eigenvalue weighted by Gasteiger charge is -2.18. The van der Waals surface area contributed by atoms with Crippen LogP contribution in [0.2, 0.25) is 0 Å². The molecule has 0 bridgehead atoms. The highest BCUT2D eigenvalue weighted by atomic mass is 32.1. The monoisotopic (exact) mass is 1340 g/mol. The molecule has 3 aromatic carbocycles. The van der Waals surface area contributed by atoms with Crippen molar-refractivity contribution in [1.82, 2.24) is 13.6 Å². The van der Waals surface area contributed by atoms with Crippen molar-refractivity contribution in [1.29, 1.82) is 0 Å². The Hall–Kier alpha value is -3.84. The summed E-state index contributed by atoms with van der Waals surface area (Å²) >= 11 is 10.9. The molecule has 5 unspecified atom stereocenters. The fraction of sp³-hybridized carbons (Fsp3) is 0.600. The first-order valence-corrected chi connectivity index (χ1v) is 41.2. The zero-order valence-electron chi connectivity index (χ0n) is 58.0. The normalized spacial score (nSPS) is 14.7. The molecule has 0 saturated heterocycles. The zero-order valence-corrected chi connectivity index (χ0v) is 62.9. The Kier molecular flexibility index (Phi) is 25.2. The molecule has 0 radical (unpaired) electrons. The van der Waals surface area contributed by atoms with Crippen LogP contribution in [0.1, 0.15) is 284 Å². The molecule has 1 aliphatic rings. The Morgan fingerprint density at radius 1 is 0.429 bits per heavy atom. The lowest BCUT2D eigenvalue weighted by molar-refractivity contribution is 0.0646. The third-order valence-corrected chi connectivity index (χ3v) is 28.1. The van der Waals surface area contributed by atoms with Gasteiger partial charge in [0.2, 0.25) is 0 Å². The lowest BCUT2D eigenvalue weighted by atomic mass is 9.88. The Labute approximate surface area is 572 Å². The molecule has 11 heteroatoms. The zero-order chi connectivity index (χ0) is 64.5. The summed E-state index contributed by atoms with van der Waals surface area (Å²) in [5.41, 5.74) is 11.6. The molecule has 0 N–H and O–H groups in total. The number of fused-ring (bicyclic) bond motifs is 6. The van der Waals surface area contributed by atoms with Gasteiger partial charge >= 0.3 is 0 Å². The molecule has 0 saturated carbocycles. The molecule has 10 rings (SSSR count). The number of unbranched alkanes of at least 4 members (excludes halogenated alkanes) is 4. The third kappa shape index (κ3) is 15.5. The summed E-state index contributed by atoms with van der Waals surface area (Å²) in [6, 6.07) is 14.6. The number of hydrogen-bond donors (Lipinski definition) is 0. The molecule has 91 heavy (non-hydrogen) atoms. The molecule has 492 valence electrons. The van der Waals surface area contributed by atoms with E-state index in [2.05, 4.69) is 126 Å². The van der Waals surface area contributed by atoms with Gasteiger partial charge in [-0.05, 0) is 181 Å². The van der Waals surface area contributed by atoms with Crippen molar-refractivity contribution in [3.63, 3.8) is 0 Å². The van der Waals surface area contributed by atoms with Crippen LogP contribution in [0.5, 0.6) is 0 Å². The van der Waals surface area contributed by atoms with E-state index in [9.17, 15) is 0 Å². The van der Waals surface area contributed by atoms with E-state index in [0.29, 0.717) is 53.2 Å². The van der Waals surface area contributed by atoms with Gasteiger partial charge in [0.1, 0.15) is 11.0 Å². The molecular weight excluding hydrogens is 1230 g/mol. The Morgan fingerprint density at radius 3 is 1.26 bits per heavy atom. The average Bonchev–Trinajstić information content (AvgIpc) is 1.57. The highest BCUT2D eigenvalue weighted by molar-refractivity contribution is 7.30. The summed E-state index contributed by atoms with van der Waals surface area (Å²) in [4.78, 5) is 40.2. The summed E-state index contributed by atoms with van der Waals surface area (Å²) < 4.78 is 15.4. The van der Waals surface area contributed by atoms with Gasteiger partial charge in [0, 0.05) is 50.4 Å². The number of rotatable bonds is 38. The first kappa shape index (κ1) is 70.0. The number of amides is 2. The van der Waals surface area contributed by atoms with E-state index in [4.69, 9.17) is 8.75 Å². The Balaban J connectivity index is 1.19. The van der Waals surface area contributed by atoms with E-state index in [1.54, 1.807) is 16.2 Å². The maximum absolute atomic E-state index is 15.8. The van der Waals surface area contributed by atoms with Gasteiger partial charge in [-0.15, -0.1) is 56.7 Å². The lowest BCUT2D eigenvalue weighted by Crippen LogP contribution is -2.32. The van der Waals surface area contributed by atoms with Crippen LogP contribution in [0.15, 0.2) is 36.4 Å². The first-order chi connectivity index (χ1) is 44.2. The van der Waals surface area contributed by atoms with E-state index in [1.165, 1.54) is 224 Å². The number of benzene rings is 3. The highest BCUT2D eigenvalue weighted by Gasteiger charge is 2.43. The fourth-order valence-corrected chi connectivity index (χ4v) is 22.3. The van der Waals surface area contributed by atoms with Gasteiger partial charge in [0.05, 0.1) is 32.6 Å². The number of carbonyl (C=O) groups excluding carboxylic acids is 2. The van der Waals surface area contributed by atoms with Crippen LogP contribution in [0.3, 0.4) is 0 Å². The van der Waals surface area contributed by atoms with Crippen LogP contribution in [0, 0.1) is 49.4 Å². The molecule has 7 heterocycles. The first-order valence-electron chi connectivity index (χ1n) is 36.4. The summed E-state index contributed by atoms with van der Waals surface area (Å²) in [5.74, 6) is 3.63. The maximum Gasteiger partial charge on any atom is 0.263 e. The van der Waals surface area contributed by atoms with Crippen molar-refractivity contribution >= 4 is 132 Å². The Bertz CT molecular complexity index is 3740. The van der Waals surface area contributed by atoms with Gasteiger partial charge in [-0.25, -0.2) is 0 Å². The summed E-state index contributed by atoms with van der Waals surface area (Å²) in [6.45, 7) is 30.8. The topological polar surface area (TPSA) is 63.2 Å². The quantitative estimate of drug-likeness (QED) is 0.0362. The second-order valence-electron chi connectivity index (χ2n) is 28.3. The number of carbonyl (C=O) groups is 2. The summed E-state index contributed by atoms with van der Waals surface area (Å²) in [7, 11) is 0. The number of nitrogens with zero attached hydrogens (tertiary/aromatic N) is 3. The maximum atomic E-state index is 15.8. The number of thiophene rings is 5. The van der Waals surface area contributed by atoms with Crippen molar-refractivity contribution in [3.05, 3.63) is 80.2 Å². The van der Waals surface area contributed by atoms with Gasteiger partial charge in [0.15, 0.2) is 0 Å². The molecule has 2 amide bonds. The van der Waals surface area contributed by atoms with Crippen LogP contribution in [0.4, 0.5) is 0 Å². The SMILES string of the molecule is CCCCC(CC)CCc1c2cc(-c3sc(-c4cc5c(CCC(CC)CCCC)c6sc(-c7ccc(C)c8nsnc78)cc6c(CCC(CC)CCCC)c5s4)c4c3C(=O)N(CCC(C)CCCC(C)C)C4=O)sc2c(CCC(CC)CCCC)c2cc(C)sc12. The van der Waals surface area contributed by atoms with E-state index < -0.39 is 0 Å². The molecule has 0 fully saturated rings. The number of imide groups is 1. The third-order valence-electron chi connectivity index (χ3n) is 21.3. The van der Waals surface area contributed by atoms with Crippen LogP contribution in [-0.2, 0) is 25.7 Å². The molecule has 5 atom stereocenters. The molecule has 5 nitrogen and oxygen atoms in total. The predicted octanol–water partition coefficient (Wildman–Crippen LogP) is 27.3. The van der Waals surface area contributed by atoms with Gasteiger partial charge in [-0.1, -0.05) is 210 Å². The van der Waals surface area contributed by atoms with Crippen molar-refractivity contribution in [2.24, 2.45) is 35.5 Å². The van der Waals surface area contributed by atoms with Gasteiger partial charge in [-0.2, -0.15) is 8.75 Å². The van der Waals surface area contributed by atoms with Crippen molar-refractivity contribution in [2.75, 3.05) is 6.54 Å². The van der Waals surface area contributed by atoms with Crippen molar-refractivity contribution in [2.45, 2.75) is 270 Å². The number of aryl methyl sites for hydroxylation is 6. The Morgan fingerprint density at radius 2 is 0.835 bits per heavy atom. The van der Waals surface area contributed by atoms with Gasteiger partial charge < -0.3 is 0 Å². The molecule has 6 aromatic heterocycles. The average molecular weight is 1340 g/mol. The predicted molar refractivity (Wildman–Crippen MR) is 407 cm³/mol. The number of aromatic nitrogens is 2.